The SMILES string of the molecule is O=C(NC1CC1)c1ccnc(CCO)c1. The van der Waals surface area contributed by atoms with E-state index in [1.807, 2.05) is 0 Å². The molecule has 0 aromatic carbocycles. The molecule has 15 heavy (non-hydrogen) atoms. The highest BCUT2D eigenvalue weighted by atomic mass is 16.3. The summed E-state index contributed by atoms with van der Waals surface area (Å²) in [6, 6.07) is 3.79. The van der Waals surface area contributed by atoms with Gasteiger partial charge in [-0.1, -0.05) is 0 Å². The summed E-state index contributed by atoms with van der Waals surface area (Å²) in [7, 11) is 0. The van der Waals surface area contributed by atoms with Crippen molar-refractivity contribution in [3.63, 3.8) is 0 Å². The molecule has 0 bridgehead atoms. The number of nitrogens with one attached hydrogen (secondary N) is 1. The van der Waals surface area contributed by atoms with E-state index in [1.165, 1.54) is 0 Å². The average Bonchev–Trinajstić information content (AvgIpc) is 3.03. The molecule has 1 fully saturated rings. The molecule has 4 heteroatoms. The summed E-state index contributed by atoms with van der Waals surface area (Å²) in [6.45, 7) is 0.0562. The van der Waals surface area contributed by atoms with Gasteiger partial charge in [0.15, 0.2) is 0 Å². The third-order valence-corrected chi connectivity index (χ3v) is 2.36. The Morgan fingerprint density at radius 1 is 1.60 bits per heavy atom. The summed E-state index contributed by atoms with van der Waals surface area (Å²) >= 11 is 0. The van der Waals surface area contributed by atoms with Crippen LogP contribution in [0.1, 0.15) is 28.9 Å². The molecule has 2 N–H and O–H groups in total. The Bertz CT molecular complexity index is 361. The molecule has 0 atom stereocenters. The van der Waals surface area contributed by atoms with Crippen molar-refractivity contribution in [3.8, 4) is 0 Å². The molecule has 0 spiro atoms. The van der Waals surface area contributed by atoms with E-state index in [9.17, 15) is 4.79 Å². The molecule has 2 rings (SSSR count). The van der Waals surface area contributed by atoms with Gasteiger partial charge in [-0.05, 0) is 25.0 Å². The van der Waals surface area contributed by atoms with Gasteiger partial charge in [0.05, 0.1) is 0 Å². The summed E-state index contributed by atoms with van der Waals surface area (Å²) in [4.78, 5) is 15.7. The molecule has 1 heterocycles. The number of pyridine rings is 1. The molecule has 0 unspecified atom stereocenters. The molecular weight excluding hydrogens is 192 g/mol. The number of nitrogens with zero attached hydrogens (tertiary/aromatic N) is 1. The number of aliphatic hydroxyl groups excluding tert-OH is 1. The maximum atomic E-state index is 11.7. The summed E-state index contributed by atoms with van der Waals surface area (Å²) in [5, 5.41) is 11.7. The van der Waals surface area contributed by atoms with Crippen molar-refractivity contribution in [2.24, 2.45) is 0 Å². The Kier molecular flexibility index (Phi) is 2.97. The fourth-order valence-electron chi connectivity index (χ4n) is 1.37. The smallest absolute Gasteiger partial charge is 0.251 e. The van der Waals surface area contributed by atoms with Gasteiger partial charge in [-0.3, -0.25) is 9.78 Å². The van der Waals surface area contributed by atoms with Crippen LogP contribution in [-0.4, -0.2) is 28.6 Å². The second-order valence-electron chi connectivity index (χ2n) is 3.76. The van der Waals surface area contributed by atoms with E-state index in [4.69, 9.17) is 5.11 Å². The Morgan fingerprint density at radius 3 is 3.07 bits per heavy atom. The summed E-state index contributed by atoms with van der Waals surface area (Å²) in [6.07, 6.45) is 4.26. The topological polar surface area (TPSA) is 62.2 Å². The van der Waals surface area contributed by atoms with Crippen molar-refractivity contribution < 1.29 is 9.90 Å². The van der Waals surface area contributed by atoms with Gasteiger partial charge in [-0.15, -0.1) is 0 Å². The highest BCUT2D eigenvalue weighted by Gasteiger charge is 2.23. The highest BCUT2D eigenvalue weighted by molar-refractivity contribution is 5.94. The normalized spacial score (nSPS) is 15.0. The molecule has 1 aromatic rings. The lowest BCUT2D eigenvalue weighted by molar-refractivity contribution is 0.0950. The van der Waals surface area contributed by atoms with Crippen LogP contribution in [0.25, 0.3) is 0 Å². The molecular formula is C11H14N2O2. The first-order valence-corrected chi connectivity index (χ1v) is 5.16. The number of aliphatic hydroxyl groups is 1. The first-order chi connectivity index (χ1) is 7.29. The third kappa shape index (κ3) is 2.76. The maximum absolute atomic E-state index is 11.7. The minimum absolute atomic E-state index is 0.0425. The molecule has 1 aliphatic carbocycles. The van der Waals surface area contributed by atoms with Crippen LogP contribution < -0.4 is 5.32 Å². The second kappa shape index (κ2) is 4.40. The van der Waals surface area contributed by atoms with Gasteiger partial charge in [0.2, 0.25) is 0 Å². The van der Waals surface area contributed by atoms with Crippen LogP contribution in [-0.2, 0) is 6.42 Å². The lowest BCUT2D eigenvalue weighted by Crippen LogP contribution is -2.25. The molecule has 80 valence electrons. The number of aromatic nitrogens is 1. The standard InChI is InChI=1S/C11H14N2O2/c14-6-4-10-7-8(3-5-12-10)11(15)13-9-1-2-9/h3,5,7,9,14H,1-2,4,6H2,(H,13,15). The zero-order chi connectivity index (χ0) is 10.7. The molecule has 1 amide bonds. The Balaban J connectivity index is 2.05. The minimum atomic E-state index is -0.0425. The molecule has 0 saturated heterocycles. The lowest BCUT2D eigenvalue weighted by atomic mass is 10.2. The van der Waals surface area contributed by atoms with Crippen molar-refractivity contribution >= 4 is 5.91 Å². The fraction of sp³-hybridized carbons (Fsp3) is 0.455. The van der Waals surface area contributed by atoms with Crippen LogP contribution in [0.4, 0.5) is 0 Å². The average molecular weight is 206 g/mol. The Hall–Kier alpha value is -1.42. The second-order valence-corrected chi connectivity index (χ2v) is 3.76. The number of hydrogen-bond acceptors (Lipinski definition) is 3. The number of hydrogen-bond donors (Lipinski definition) is 2. The van der Waals surface area contributed by atoms with Gasteiger partial charge < -0.3 is 10.4 Å². The van der Waals surface area contributed by atoms with Gasteiger partial charge in [-0.25, -0.2) is 0 Å². The molecule has 0 radical (unpaired) electrons. The fourth-order valence-corrected chi connectivity index (χ4v) is 1.37. The van der Waals surface area contributed by atoms with Gasteiger partial charge >= 0.3 is 0 Å². The van der Waals surface area contributed by atoms with Crippen LogP contribution in [0.3, 0.4) is 0 Å². The van der Waals surface area contributed by atoms with Crippen molar-refractivity contribution in [2.75, 3.05) is 6.61 Å². The van der Waals surface area contributed by atoms with Crippen LogP contribution >= 0.6 is 0 Å². The predicted molar refractivity (Wildman–Crippen MR) is 55.5 cm³/mol. The summed E-state index contributed by atoms with van der Waals surface area (Å²) in [5.41, 5.74) is 1.38. The van der Waals surface area contributed by atoms with E-state index in [2.05, 4.69) is 10.3 Å². The summed E-state index contributed by atoms with van der Waals surface area (Å²) in [5.74, 6) is -0.0425. The van der Waals surface area contributed by atoms with Gasteiger partial charge in [0, 0.05) is 36.5 Å². The van der Waals surface area contributed by atoms with E-state index in [-0.39, 0.29) is 12.5 Å². The lowest BCUT2D eigenvalue weighted by Gasteiger charge is -2.04. The van der Waals surface area contributed by atoms with Crippen molar-refractivity contribution in [1.29, 1.82) is 0 Å². The predicted octanol–water partition coefficient (Wildman–Crippen LogP) is 0.509. The minimum Gasteiger partial charge on any atom is -0.396 e. The van der Waals surface area contributed by atoms with Gasteiger partial charge in [0.1, 0.15) is 0 Å². The quantitative estimate of drug-likeness (QED) is 0.754. The first kappa shape index (κ1) is 10.1. The highest BCUT2D eigenvalue weighted by Crippen LogP contribution is 2.19. The Morgan fingerprint density at radius 2 is 2.40 bits per heavy atom. The number of amides is 1. The van der Waals surface area contributed by atoms with E-state index in [1.54, 1.807) is 18.3 Å². The number of rotatable bonds is 4. The Labute approximate surface area is 88.3 Å². The monoisotopic (exact) mass is 206 g/mol. The number of carbonyl (C=O) groups excluding carboxylic acids is 1. The van der Waals surface area contributed by atoms with Crippen molar-refractivity contribution in [2.45, 2.75) is 25.3 Å². The van der Waals surface area contributed by atoms with E-state index < -0.39 is 0 Å². The van der Waals surface area contributed by atoms with Crippen molar-refractivity contribution in [3.05, 3.63) is 29.6 Å². The van der Waals surface area contributed by atoms with Crippen LogP contribution in [0.5, 0.6) is 0 Å². The molecule has 1 aromatic heterocycles. The molecule has 0 aliphatic heterocycles. The van der Waals surface area contributed by atoms with E-state index in [0.29, 0.717) is 18.0 Å². The zero-order valence-corrected chi connectivity index (χ0v) is 8.44. The van der Waals surface area contributed by atoms with E-state index in [0.717, 1.165) is 18.5 Å². The van der Waals surface area contributed by atoms with Crippen LogP contribution in [0.2, 0.25) is 0 Å². The first-order valence-electron chi connectivity index (χ1n) is 5.16. The molecule has 4 nitrogen and oxygen atoms in total. The third-order valence-electron chi connectivity index (χ3n) is 2.36. The largest absolute Gasteiger partial charge is 0.396 e. The van der Waals surface area contributed by atoms with Gasteiger partial charge in [-0.2, -0.15) is 0 Å². The van der Waals surface area contributed by atoms with Crippen LogP contribution in [0, 0.1) is 0 Å². The maximum Gasteiger partial charge on any atom is 0.251 e. The zero-order valence-electron chi connectivity index (χ0n) is 8.44. The van der Waals surface area contributed by atoms with Gasteiger partial charge in [0.25, 0.3) is 5.91 Å². The van der Waals surface area contributed by atoms with Crippen molar-refractivity contribution in [1.82, 2.24) is 10.3 Å². The summed E-state index contributed by atoms with van der Waals surface area (Å²) < 4.78 is 0. The molecule has 1 aliphatic rings. The van der Waals surface area contributed by atoms with E-state index >= 15 is 0 Å². The molecule has 1 saturated carbocycles. The number of carbonyl (C=O) groups is 1. The van der Waals surface area contributed by atoms with Crippen LogP contribution in [0.15, 0.2) is 18.3 Å².